The van der Waals surface area contributed by atoms with Gasteiger partial charge in [0.25, 0.3) is 0 Å². The monoisotopic (exact) mass is 376 g/mol. The maximum Gasteiger partial charge on any atom is 0.522 e. The molecule has 2 aromatic rings. The fourth-order valence-electron chi connectivity index (χ4n) is 3.76. The lowest BCUT2D eigenvalue weighted by Crippen LogP contribution is -2.30. The summed E-state index contributed by atoms with van der Waals surface area (Å²) in [5, 5.41) is 0. The molecular formula is C15H16F4N4O3. The van der Waals surface area contributed by atoms with Crippen molar-refractivity contribution in [2.24, 2.45) is 5.92 Å². The zero-order chi connectivity index (χ0) is 18.7. The summed E-state index contributed by atoms with van der Waals surface area (Å²) >= 11 is 0. The Kier molecular flexibility index (Phi) is 3.93. The molecule has 1 aliphatic heterocycles. The molecule has 2 fully saturated rings. The van der Waals surface area contributed by atoms with E-state index in [-0.39, 0.29) is 11.2 Å². The zero-order valence-corrected chi connectivity index (χ0v) is 13.9. The Balaban J connectivity index is 1.66. The molecular weight excluding hydrogens is 360 g/mol. The number of nitrogens with zero attached hydrogens (tertiary/aromatic N) is 4. The molecule has 0 radical (unpaired) electrons. The van der Waals surface area contributed by atoms with Gasteiger partial charge in [-0.3, -0.25) is 4.74 Å². The van der Waals surface area contributed by atoms with E-state index in [1.54, 1.807) is 18.4 Å². The number of alkyl halides is 3. The SMILES string of the molecule is CC1(C)O[C@@H]2[C@@H](COC(F)(F)F)C[C@@H](n3cnc4c(F)ncnc43)[C@@H]2O1. The molecule has 7 nitrogen and oxygen atoms in total. The molecule has 0 N–H and O–H groups in total. The van der Waals surface area contributed by atoms with Crippen molar-refractivity contribution in [2.45, 2.75) is 50.7 Å². The van der Waals surface area contributed by atoms with Gasteiger partial charge >= 0.3 is 6.36 Å². The molecule has 0 amide bonds. The first-order valence-corrected chi connectivity index (χ1v) is 8.04. The predicted molar refractivity (Wildman–Crippen MR) is 78.3 cm³/mol. The molecule has 4 rings (SSSR count). The van der Waals surface area contributed by atoms with Crippen LogP contribution in [0.15, 0.2) is 12.7 Å². The summed E-state index contributed by atoms with van der Waals surface area (Å²) in [7, 11) is 0. The number of hydrogen-bond donors (Lipinski definition) is 0. The van der Waals surface area contributed by atoms with Crippen LogP contribution in [0.5, 0.6) is 0 Å². The Morgan fingerprint density at radius 3 is 2.69 bits per heavy atom. The van der Waals surface area contributed by atoms with Gasteiger partial charge in [0.1, 0.15) is 12.4 Å². The van der Waals surface area contributed by atoms with Gasteiger partial charge in [-0.25, -0.2) is 15.0 Å². The Labute approximate surface area is 145 Å². The normalized spacial score (nSPS) is 30.8. The quantitative estimate of drug-likeness (QED) is 0.606. The lowest BCUT2D eigenvalue weighted by Gasteiger charge is -2.24. The highest BCUT2D eigenvalue weighted by Crippen LogP contribution is 2.47. The lowest BCUT2D eigenvalue weighted by molar-refractivity contribution is -0.330. The first kappa shape index (κ1) is 17.6. The maximum absolute atomic E-state index is 13.8. The van der Waals surface area contributed by atoms with Crippen molar-refractivity contribution in [1.29, 1.82) is 0 Å². The molecule has 0 spiro atoms. The van der Waals surface area contributed by atoms with Crippen LogP contribution in [0.3, 0.4) is 0 Å². The second-order valence-electron chi connectivity index (χ2n) is 6.87. The second-order valence-corrected chi connectivity index (χ2v) is 6.87. The molecule has 0 aromatic carbocycles. The van der Waals surface area contributed by atoms with Gasteiger partial charge in [0, 0.05) is 5.92 Å². The molecule has 11 heteroatoms. The number of hydrogen-bond acceptors (Lipinski definition) is 6. The molecule has 1 saturated carbocycles. The van der Waals surface area contributed by atoms with Gasteiger partial charge in [-0.1, -0.05) is 0 Å². The zero-order valence-electron chi connectivity index (χ0n) is 13.9. The smallest absolute Gasteiger partial charge is 0.344 e. The Morgan fingerprint density at radius 1 is 1.23 bits per heavy atom. The Morgan fingerprint density at radius 2 is 1.96 bits per heavy atom. The molecule has 26 heavy (non-hydrogen) atoms. The molecule has 1 aliphatic carbocycles. The van der Waals surface area contributed by atoms with Crippen LogP contribution in [0.4, 0.5) is 17.6 Å². The average Bonchev–Trinajstić information content (AvgIpc) is 3.16. The summed E-state index contributed by atoms with van der Waals surface area (Å²) < 4.78 is 68.5. The van der Waals surface area contributed by atoms with E-state index in [0.717, 1.165) is 6.33 Å². The van der Waals surface area contributed by atoms with E-state index < -0.39 is 48.9 Å². The van der Waals surface area contributed by atoms with Crippen molar-refractivity contribution < 1.29 is 31.8 Å². The van der Waals surface area contributed by atoms with Gasteiger partial charge in [0.05, 0.1) is 25.1 Å². The number of ether oxygens (including phenoxy) is 3. The number of fused-ring (bicyclic) bond motifs is 2. The van der Waals surface area contributed by atoms with Crippen LogP contribution in [0.1, 0.15) is 26.3 Å². The van der Waals surface area contributed by atoms with Crippen LogP contribution in [-0.4, -0.2) is 50.5 Å². The van der Waals surface area contributed by atoms with Crippen LogP contribution in [0.2, 0.25) is 0 Å². The molecule has 4 atom stereocenters. The third kappa shape index (κ3) is 3.03. The average molecular weight is 376 g/mol. The van der Waals surface area contributed by atoms with Gasteiger partial charge in [0.2, 0.25) is 5.95 Å². The van der Waals surface area contributed by atoms with Crippen molar-refractivity contribution in [1.82, 2.24) is 19.5 Å². The highest BCUT2D eigenvalue weighted by molar-refractivity contribution is 5.69. The molecule has 2 aliphatic rings. The highest BCUT2D eigenvalue weighted by Gasteiger charge is 2.55. The van der Waals surface area contributed by atoms with Crippen molar-refractivity contribution in [3.63, 3.8) is 0 Å². The number of imidazole rings is 1. The minimum absolute atomic E-state index is 0.00258. The maximum atomic E-state index is 13.8. The first-order chi connectivity index (χ1) is 12.1. The summed E-state index contributed by atoms with van der Waals surface area (Å²) in [5.74, 6) is -2.25. The van der Waals surface area contributed by atoms with Gasteiger partial charge in [-0.2, -0.15) is 4.39 Å². The highest BCUT2D eigenvalue weighted by atomic mass is 19.4. The first-order valence-electron chi connectivity index (χ1n) is 8.04. The molecule has 0 bridgehead atoms. The molecule has 3 heterocycles. The molecule has 2 aromatic heterocycles. The summed E-state index contributed by atoms with van der Waals surface area (Å²) in [5.41, 5.74) is 0.254. The van der Waals surface area contributed by atoms with E-state index in [9.17, 15) is 17.6 Å². The van der Waals surface area contributed by atoms with Crippen molar-refractivity contribution in [2.75, 3.05) is 6.61 Å². The van der Waals surface area contributed by atoms with Crippen molar-refractivity contribution in [3.8, 4) is 0 Å². The van der Waals surface area contributed by atoms with Crippen LogP contribution < -0.4 is 0 Å². The van der Waals surface area contributed by atoms with Crippen LogP contribution in [0, 0.1) is 11.9 Å². The van der Waals surface area contributed by atoms with E-state index >= 15 is 0 Å². The van der Waals surface area contributed by atoms with Crippen molar-refractivity contribution >= 4 is 11.2 Å². The lowest BCUT2D eigenvalue weighted by atomic mass is 10.1. The fourth-order valence-corrected chi connectivity index (χ4v) is 3.76. The van der Waals surface area contributed by atoms with E-state index in [1.165, 1.54) is 6.33 Å². The number of rotatable bonds is 3. The van der Waals surface area contributed by atoms with Crippen LogP contribution in [-0.2, 0) is 14.2 Å². The Bertz CT molecular complexity index is 825. The Hall–Kier alpha value is -1.85. The van der Waals surface area contributed by atoms with E-state index in [1.807, 2.05) is 0 Å². The summed E-state index contributed by atoms with van der Waals surface area (Å²) in [4.78, 5) is 11.5. The molecule has 1 saturated heterocycles. The number of aromatic nitrogens is 4. The largest absolute Gasteiger partial charge is 0.522 e. The molecule has 142 valence electrons. The summed E-state index contributed by atoms with van der Waals surface area (Å²) in [6.45, 7) is 2.84. The van der Waals surface area contributed by atoms with Crippen molar-refractivity contribution in [3.05, 3.63) is 18.6 Å². The van der Waals surface area contributed by atoms with Gasteiger partial charge < -0.3 is 14.0 Å². The fraction of sp³-hybridized carbons (Fsp3) is 0.667. The minimum atomic E-state index is -4.72. The topological polar surface area (TPSA) is 71.3 Å². The van der Waals surface area contributed by atoms with Crippen LogP contribution in [0.25, 0.3) is 11.2 Å². The minimum Gasteiger partial charge on any atom is -0.344 e. The molecule has 0 unspecified atom stereocenters. The standard InChI is InChI=1S/C15H16F4N4O3/c1-14(2)25-10-7(4-24-15(17,18)19)3-8(11(10)26-14)23-6-22-9-12(16)20-5-21-13(9)23/h5-8,10-11H,3-4H2,1-2H3/t7-,8-,10-,11+/m1/s1. The van der Waals surface area contributed by atoms with E-state index in [2.05, 4.69) is 19.7 Å². The predicted octanol–water partition coefficient (Wildman–Crippen LogP) is 2.58. The van der Waals surface area contributed by atoms with E-state index in [0.29, 0.717) is 6.42 Å². The third-order valence-corrected chi connectivity index (χ3v) is 4.68. The second kappa shape index (κ2) is 5.83. The summed E-state index contributed by atoms with van der Waals surface area (Å²) in [6.07, 6.45) is -3.07. The van der Waals surface area contributed by atoms with Gasteiger partial charge in [0.15, 0.2) is 17.0 Å². The van der Waals surface area contributed by atoms with Gasteiger partial charge in [-0.15, -0.1) is 13.2 Å². The van der Waals surface area contributed by atoms with Crippen LogP contribution >= 0.6 is 0 Å². The van der Waals surface area contributed by atoms with Gasteiger partial charge in [-0.05, 0) is 20.3 Å². The third-order valence-electron chi connectivity index (χ3n) is 4.68. The number of halogens is 4. The summed E-state index contributed by atoms with van der Waals surface area (Å²) in [6, 6.07) is -0.414. The van der Waals surface area contributed by atoms with E-state index in [4.69, 9.17) is 9.47 Å².